The molecule has 0 spiro atoms. The summed E-state index contributed by atoms with van der Waals surface area (Å²) in [5, 5.41) is 1.19. The van der Waals surface area contributed by atoms with E-state index in [-0.39, 0.29) is 0 Å². The average Bonchev–Trinajstić information content (AvgIpc) is 2.73. The number of nitrogen functional groups attached to an aromatic ring is 1. The van der Waals surface area contributed by atoms with E-state index in [9.17, 15) is 0 Å². The molecule has 0 aliphatic heterocycles. The van der Waals surface area contributed by atoms with Gasteiger partial charge in [-0.1, -0.05) is 23.2 Å². The molecule has 3 aromatic rings. The van der Waals surface area contributed by atoms with E-state index < -0.39 is 0 Å². The van der Waals surface area contributed by atoms with Crippen molar-refractivity contribution in [2.45, 2.75) is 13.8 Å². The maximum absolute atomic E-state index is 6.28. The van der Waals surface area contributed by atoms with E-state index in [2.05, 4.69) is 4.98 Å². The number of aryl methyl sites for hydroxylation is 2. The molecule has 5 heteroatoms. The maximum Gasteiger partial charge on any atom is 0.161 e. The molecule has 0 fully saturated rings. The largest absolute Gasteiger partial charge is 0.396 e. The van der Waals surface area contributed by atoms with Gasteiger partial charge in [0.1, 0.15) is 0 Å². The molecule has 3 nitrogen and oxygen atoms in total. The monoisotopic (exact) mass is 305 g/mol. The van der Waals surface area contributed by atoms with Gasteiger partial charge >= 0.3 is 0 Å². The molecular formula is C15H13Cl2N3. The van der Waals surface area contributed by atoms with Crippen LogP contribution < -0.4 is 5.73 Å². The van der Waals surface area contributed by atoms with Gasteiger partial charge in [-0.15, -0.1) is 0 Å². The number of rotatable bonds is 1. The molecule has 2 heterocycles. The zero-order chi connectivity index (χ0) is 14.4. The molecule has 0 bridgehead atoms. The quantitative estimate of drug-likeness (QED) is 0.719. The van der Waals surface area contributed by atoms with Crippen LogP contribution >= 0.6 is 23.2 Å². The molecule has 20 heavy (non-hydrogen) atoms. The van der Waals surface area contributed by atoms with Crippen LogP contribution in [0.3, 0.4) is 0 Å². The molecule has 1 aromatic carbocycles. The number of pyridine rings is 1. The first-order valence-electron chi connectivity index (χ1n) is 6.18. The summed E-state index contributed by atoms with van der Waals surface area (Å²) in [6, 6.07) is 9.25. The van der Waals surface area contributed by atoms with Crippen molar-refractivity contribution in [3.8, 4) is 11.3 Å². The van der Waals surface area contributed by atoms with Gasteiger partial charge in [-0.25, -0.2) is 4.98 Å². The smallest absolute Gasteiger partial charge is 0.161 e. The van der Waals surface area contributed by atoms with Crippen molar-refractivity contribution in [1.29, 1.82) is 0 Å². The molecule has 102 valence electrons. The number of imidazole rings is 1. The highest BCUT2D eigenvalue weighted by atomic mass is 35.5. The lowest BCUT2D eigenvalue weighted by atomic mass is 10.1. The summed E-state index contributed by atoms with van der Waals surface area (Å²) in [6.07, 6.45) is 0. The lowest BCUT2D eigenvalue weighted by molar-refractivity contribution is 1.04. The van der Waals surface area contributed by atoms with Crippen LogP contribution in [0, 0.1) is 13.8 Å². The first-order valence-corrected chi connectivity index (χ1v) is 6.94. The van der Waals surface area contributed by atoms with Crippen molar-refractivity contribution < 1.29 is 0 Å². The molecule has 0 aliphatic rings. The molecule has 0 atom stereocenters. The normalized spacial score (nSPS) is 11.2. The van der Waals surface area contributed by atoms with Crippen molar-refractivity contribution in [2.75, 3.05) is 5.73 Å². The molecule has 0 radical (unpaired) electrons. The number of halogens is 2. The Labute approximate surface area is 127 Å². The van der Waals surface area contributed by atoms with Gasteiger partial charge in [0.25, 0.3) is 0 Å². The number of nitrogens with zero attached hydrogens (tertiary/aromatic N) is 2. The van der Waals surface area contributed by atoms with E-state index >= 15 is 0 Å². The van der Waals surface area contributed by atoms with Crippen LogP contribution in [0.2, 0.25) is 10.0 Å². The third kappa shape index (κ3) is 1.94. The number of benzene rings is 1. The second-order valence-corrected chi connectivity index (χ2v) is 5.60. The summed E-state index contributed by atoms with van der Waals surface area (Å²) in [7, 11) is 0. The topological polar surface area (TPSA) is 43.3 Å². The molecule has 2 N–H and O–H groups in total. The van der Waals surface area contributed by atoms with Crippen LogP contribution in [0.4, 0.5) is 5.69 Å². The van der Waals surface area contributed by atoms with Crippen molar-refractivity contribution in [3.63, 3.8) is 0 Å². The van der Waals surface area contributed by atoms with Gasteiger partial charge in [0.2, 0.25) is 0 Å². The highest BCUT2D eigenvalue weighted by molar-refractivity contribution is 6.36. The Bertz CT molecular complexity index is 822. The van der Waals surface area contributed by atoms with Crippen molar-refractivity contribution in [2.24, 2.45) is 0 Å². The van der Waals surface area contributed by atoms with E-state index in [1.807, 2.05) is 42.5 Å². The molecule has 0 saturated heterocycles. The lowest BCUT2D eigenvalue weighted by Crippen LogP contribution is -1.97. The minimum Gasteiger partial charge on any atom is -0.396 e. The molecule has 0 unspecified atom stereocenters. The summed E-state index contributed by atoms with van der Waals surface area (Å²) >= 11 is 12.2. The van der Waals surface area contributed by atoms with Crippen LogP contribution in [0.15, 0.2) is 30.3 Å². The lowest BCUT2D eigenvalue weighted by Gasteiger charge is -2.05. The zero-order valence-corrected chi connectivity index (χ0v) is 12.6. The van der Waals surface area contributed by atoms with Crippen molar-refractivity contribution >= 4 is 34.5 Å². The fourth-order valence-corrected chi connectivity index (χ4v) is 2.92. The number of fused-ring (bicyclic) bond motifs is 1. The predicted octanol–water partition coefficient (Wildman–Crippen LogP) is 4.51. The third-order valence-electron chi connectivity index (χ3n) is 3.41. The number of hydrogen-bond acceptors (Lipinski definition) is 2. The summed E-state index contributed by atoms with van der Waals surface area (Å²) in [5.74, 6) is 0. The Kier molecular flexibility index (Phi) is 3.11. The zero-order valence-electron chi connectivity index (χ0n) is 11.1. The van der Waals surface area contributed by atoms with E-state index in [1.165, 1.54) is 0 Å². The fraction of sp³-hybridized carbons (Fsp3) is 0.133. The molecule has 2 aromatic heterocycles. The van der Waals surface area contributed by atoms with Gasteiger partial charge < -0.3 is 5.73 Å². The van der Waals surface area contributed by atoms with E-state index in [1.54, 1.807) is 6.07 Å². The van der Waals surface area contributed by atoms with Crippen LogP contribution in [0.5, 0.6) is 0 Å². The fourth-order valence-electron chi connectivity index (χ4n) is 2.42. The van der Waals surface area contributed by atoms with Crippen LogP contribution in [0.25, 0.3) is 16.9 Å². The van der Waals surface area contributed by atoms with E-state index in [0.717, 1.165) is 28.3 Å². The maximum atomic E-state index is 6.28. The summed E-state index contributed by atoms with van der Waals surface area (Å²) in [6.45, 7) is 4.03. The predicted molar refractivity (Wildman–Crippen MR) is 84.5 cm³/mol. The van der Waals surface area contributed by atoms with Crippen LogP contribution in [-0.2, 0) is 0 Å². The van der Waals surface area contributed by atoms with Crippen LogP contribution in [0.1, 0.15) is 11.4 Å². The number of nitrogens with two attached hydrogens (primary N) is 1. The first kappa shape index (κ1) is 13.3. The Morgan fingerprint density at radius 2 is 1.85 bits per heavy atom. The second kappa shape index (κ2) is 4.69. The van der Waals surface area contributed by atoms with Gasteiger partial charge in [-0.05, 0) is 44.2 Å². The summed E-state index contributed by atoms with van der Waals surface area (Å²) in [5.41, 5.74) is 11.2. The summed E-state index contributed by atoms with van der Waals surface area (Å²) in [4.78, 5) is 4.64. The van der Waals surface area contributed by atoms with Crippen molar-refractivity contribution in [1.82, 2.24) is 9.38 Å². The van der Waals surface area contributed by atoms with Gasteiger partial charge in [0.05, 0.1) is 16.4 Å². The standard InChI is InChI=1S/C15H13Cl2N3/c1-8-3-6-13(18)15-19-14(9(2)20(8)15)11-5-4-10(16)7-12(11)17/h3-7H,18H2,1-2H3. The Balaban J connectivity index is 2.35. The highest BCUT2D eigenvalue weighted by Gasteiger charge is 2.15. The van der Waals surface area contributed by atoms with Gasteiger partial charge in [0, 0.05) is 22.0 Å². The number of aromatic nitrogens is 2. The van der Waals surface area contributed by atoms with E-state index in [4.69, 9.17) is 28.9 Å². The number of hydrogen-bond donors (Lipinski definition) is 1. The number of anilines is 1. The molecule has 0 aliphatic carbocycles. The first-order chi connectivity index (χ1) is 9.49. The van der Waals surface area contributed by atoms with Gasteiger partial charge in [0.15, 0.2) is 5.65 Å². The molecule has 0 amide bonds. The molecule has 3 rings (SSSR count). The average molecular weight is 306 g/mol. The van der Waals surface area contributed by atoms with Crippen molar-refractivity contribution in [3.05, 3.63) is 51.8 Å². The van der Waals surface area contributed by atoms with E-state index in [0.29, 0.717) is 15.7 Å². The Morgan fingerprint density at radius 1 is 1.10 bits per heavy atom. The Morgan fingerprint density at radius 3 is 2.50 bits per heavy atom. The highest BCUT2D eigenvalue weighted by Crippen LogP contribution is 2.33. The Hall–Kier alpha value is -1.71. The minimum atomic E-state index is 0.584. The third-order valence-corrected chi connectivity index (χ3v) is 3.96. The summed E-state index contributed by atoms with van der Waals surface area (Å²) < 4.78 is 2.04. The van der Waals surface area contributed by atoms with Gasteiger partial charge in [-0.3, -0.25) is 4.40 Å². The van der Waals surface area contributed by atoms with Crippen LogP contribution in [-0.4, -0.2) is 9.38 Å². The SMILES string of the molecule is Cc1ccc(N)c2nc(-c3ccc(Cl)cc3Cl)c(C)n12. The van der Waals surface area contributed by atoms with Gasteiger partial charge in [-0.2, -0.15) is 0 Å². The molecule has 0 saturated carbocycles. The second-order valence-electron chi connectivity index (χ2n) is 4.76. The molecular weight excluding hydrogens is 293 g/mol. The minimum absolute atomic E-state index is 0.584.